The van der Waals surface area contributed by atoms with Crippen molar-refractivity contribution in [2.24, 2.45) is 0 Å². The Hall–Kier alpha value is -2.88. The van der Waals surface area contributed by atoms with Crippen LogP contribution >= 0.6 is 0 Å². The van der Waals surface area contributed by atoms with E-state index in [-0.39, 0.29) is 5.56 Å². The summed E-state index contributed by atoms with van der Waals surface area (Å²) in [6.07, 6.45) is 1.78. The van der Waals surface area contributed by atoms with Gasteiger partial charge in [0, 0.05) is 23.0 Å². The molecule has 0 saturated heterocycles. The van der Waals surface area contributed by atoms with E-state index in [0.29, 0.717) is 5.65 Å². The fourth-order valence-electron chi connectivity index (χ4n) is 3.35. The Balaban J connectivity index is 2.09. The molecule has 1 N–H and O–H groups in total. The second-order valence-electron chi connectivity index (χ2n) is 6.13. The first-order chi connectivity index (χ1) is 11.7. The average molecular weight is 317 g/mol. The highest BCUT2D eigenvalue weighted by atomic mass is 16.1. The summed E-state index contributed by atoms with van der Waals surface area (Å²) < 4.78 is 1.55. The number of hydrogen-bond donors (Lipinski definition) is 1. The van der Waals surface area contributed by atoms with Gasteiger partial charge in [0.25, 0.3) is 5.56 Å². The van der Waals surface area contributed by atoms with Crippen molar-refractivity contribution in [3.8, 4) is 11.1 Å². The minimum atomic E-state index is -0.0574. The van der Waals surface area contributed by atoms with Crippen molar-refractivity contribution in [1.29, 1.82) is 0 Å². The molecule has 0 atom stereocenters. The summed E-state index contributed by atoms with van der Waals surface area (Å²) >= 11 is 0. The monoisotopic (exact) mass is 317 g/mol. The van der Waals surface area contributed by atoms with E-state index in [1.54, 1.807) is 10.6 Å². The van der Waals surface area contributed by atoms with Crippen LogP contribution in [0.25, 0.3) is 27.5 Å². The van der Waals surface area contributed by atoms with Gasteiger partial charge in [-0.25, -0.2) is 9.50 Å². The summed E-state index contributed by atoms with van der Waals surface area (Å²) in [6, 6.07) is 16.2. The number of H-pyrrole nitrogens is 1. The molecule has 4 aromatic rings. The predicted octanol–water partition coefficient (Wildman–Crippen LogP) is 4.10. The summed E-state index contributed by atoms with van der Waals surface area (Å²) in [5, 5.41) is 5.52. The van der Waals surface area contributed by atoms with Crippen molar-refractivity contribution in [3.63, 3.8) is 0 Å². The Morgan fingerprint density at radius 3 is 2.75 bits per heavy atom. The highest BCUT2D eigenvalue weighted by Gasteiger charge is 2.16. The molecule has 2 aromatic heterocycles. The lowest BCUT2D eigenvalue weighted by Crippen LogP contribution is -2.15. The van der Waals surface area contributed by atoms with E-state index in [0.717, 1.165) is 35.4 Å². The molecule has 120 valence electrons. The molecule has 0 aliphatic heterocycles. The number of benzene rings is 2. The van der Waals surface area contributed by atoms with Gasteiger partial charge in [-0.2, -0.15) is 0 Å². The minimum absolute atomic E-state index is 0.0574. The van der Waals surface area contributed by atoms with E-state index in [1.165, 1.54) is 10.8 Å². The van der Waals surface area contributed by atoms with E-state index in [4.69, 9.17) is 4.98 Å². The quantitative estimate of drug-likeness (QED) is 0.618. The van der Waals surface area contributed by atoms with Crippen LogP contribution in [0.3, 0.4) is 0 Å². The van der Waals surface area contributed by atoms with Gasteiger partial charge in [0.2, 0.25) is 0 Å². The van der Waals surface area contributed by atoms with Gasteiger partial charge in [-0.1, -0.05) is 55.8 Å². The van der Waals surface area contributed by atoms with Gasteiger partial charge in [-0.15, -0.1) is 0 Å². The second kappa shape index (κ2) is 5.64. The maximum atomic E-state index is 12.4. The van der Waals surface area contributed by atoms with Crippen LogP contribution < -0.4 is 5.56 Å². The molecule has 0 amide bonds. The van der Waals surface area contributed by atoms with E-state index in [2.05, 4.69) is 42.4 Å². The molecule has 4 rings (SSSR count). The average Bonchev–Trinajstić information content (AvgIpc) is 2.91. The third-order valence-electron chi connectivity index (χ3n) is 4.42. The Morgan fingerprint density at radius 2 is 1.92 bits per heavy atom. The van der Waals surface area contributed by atoms with Crippen molar-refractivity contribution < 1.29 is 0 Å². The molecule has 4 heteroatoms. The first-order valence-corrected chi connectivity index (χ1v) is 8.28. The number of aryl methyl sites for hydroxylation is 2. The number of rotatable bonds is 3. The maximum Gasteiger partial charge on any atom is 0.272 e. The summed E-state index contributed by atoms with van der Waals surface area (Å²) in [7, 11) is 0. The zero-order valence-electron chi connectivity index (χ0n) is 13.8. The van der Waals surface area contributed by atoms with Crippen molar-refractivity contribution in [1.82, 2.24) is 14.6 Å². The molecule has 0 aliphatic rings. The molecule has 24 heavy (non-hydrogen) atoms. The standard InChI is InChI=1S/C20H19N3O/c1-3-7-15-12-18(24)23-20(21-15)19(13(2)22-23)17-11-6-9-14-8-4-5-10-16(14)17/h4-6,8-12,22H,3,7H2,1-2H3. The third kappa shape index (κ3) is 2.22. The van der Waals surface area contributed by atoms with Crippen LogP contribution in [0.15, 0.2) is 53.3 Å². The molecular formula is C20H19N3O. The number of aromatic nitrogens is 3. The van der Waals surface area contributed by atoms with Crippen molar-refractivity contribution in [2.45, 2.75) is 26.7 Å². The maximum absolute atomic E-state index is 12.4. The van der Waals surface area contributed by atoms with Crippen molar-refractivity contribution in [3.05, 3.63) is 70.3 Å². The van der Waals surface area contributed by atoms with E-state index in [1.807, 2.05) is 19.1 Å². The van der Waals surface area contributed by atoms with E-state index in [9.17, 15) is 4.79 Å². The highest BCUT2D eigenvalue weighted by Crippen LogP contribution is 2.32. The normalized spacial score (nSPS) is 11.4. The Morgan fingerprint density at radius 1 is 1.12 bits per heavy atom. The van der Waals surface area contributed by atoms with Crippen molar-refractivity contribution in [2.75, 3.05) is 0 Å². The van der Waals surface area contributed by atoms with Gasteiger partial charge in [0.1, 0.15) is 0 Å². The van der Waals surface area contributed by atoms with Crippen LogP contribution in [-0.2, 0) is 6.42 Å². The van der Waals surface area contributed by atoms with Crippen LogP contribution in [0.2, 0.25) is 0 Å². The summed E-state index contributed by atoms with van der Waals surface area (Å²) in [4.78, 5) is 17.2. The third-order valence-corrected chi connectivity index (χ3v) is 4.42. The molecule has 4 nitrogen and oxygen atoms in total. The second-order valence-corrected chi connectivity index (χ2v) is 6.13. The number of hydrogen-bond acceptors (Lipinski definition) is 2. The zero-order valence-corrected chi connectivity index (χ0v) is 13.8. The van der Waals surface area contributed by atoms with Gasteiger partial charge in [0.05, 0.1) is 0 Å². The molecular weight excluding hydrogens is 298 g/mol. The lowest BCUT2D eigenvalue weighted by molar-refractivity contribution is 0.833. The molecule has 2 heterocycles. The zero-order chi connectivity index (χ0) is 16.7. The summed E-state index contributed by atoms with van der Waals surface area (Å²) in [5.41, 5.74) is 4.55. The lowest BCUT2D eigenvalue weighted by Gasteiger charge is -2.07. The number of aromatic amines is 1. The molecule has 0 aliphatic carbocycles. The molecule has 0 bridgehead atoms. The Labute approximate surface area is 139 Å². The minimum Gasteiger partial charge on any atom is -0.293 e. The van der Waals surface area contributed by atoms with Gasteiger partial charge in [0.15, 0.2) is 5.65 Å². The van der Waals surface area contributed by atoms with E-state index >= 15 is 0 Å². The molecule has 0 fully saturated rings. The largest absolute Gasteiger partial charge is 0.293 e. The number of fused-ring (bicyclic) bond motifs is 2. The lowest BCUT2D eigenvalue weighted by atomic mass is 9.98. The van der Waals surface area contributed by atoms with Gasteiger partial charge < -0.3 is 0 Å². The summed E-state index contributed by atoms with van der Waals surface area (Å²) in [6.45, 7) is 4.09. The first kappa shape index (κ1) is 14.7. The number of nitrogens with zero attached hydrogens (tertiary/aromatic N) is 2. The molecule has 0 spiro atoms. The van der Waals surface area contributed by atoms with Crippen LogP contribution in [0.4, 0.5) is 0 Å². The predicted molar refractivity (Wildman–Crippen MR) is 97.5 cm³/mol. The van der Waals surface area contributed by atoms with Gasteiger partial charge >= 0.3 is 0 Å². The van der Waals surface area contributed by atoms with E-state index < -0.39 is 0 Å². The van der Waals surface area contributed by atoms with Crippen LogP contribution in [0, 0.1) is 6.92 Å². The molecule has 0 saturated carbocycles. The van der Waals surface area contributed by atoms with Crippen molar-refractivity contribution >= 4 is 16.4 Å². The smallest absolute Gasteiger partial charge is 0.272 e. The SMILES string of the molecule is CCCc1cc(=O)n2[nH]c(C)c(-c3cccc4ccccc34)c2n1. The molecule has 0 unspecified atom stereocenters. The highest BCUT2D eigenvalue weighted by molar-refractivity contribution is 6.00. The van der Waals surface area contributed by atoms with Crippen LogP contribution in [0.1, 0.15) is 24.7 Å². The van der Waals surface area contributed by atoms with Gasteiger partial charge in [-0.3, -0.25) is 9.89 Å². The molecule has 0 radical (unpaired) electrons. The first-order valence-electron chi connectivity index (χ1n) is 8.28. The fraction of sp³-hybridized carbons (Fsp3) is 0.200. The molecule has 2 aromatic carbocycles. The number of nitrogens with one attached hydrogen (secondary N) is 1. The Kier molecular flexibility index (Phi) is 3.45. The summed E-state index contributed by atoms with van der Waals surface area (Å²) in [5.74, 6) is 0. The Bertz CT molecular complexity index is 1100. The van der Waals surface area contributed by atoms with Crippen LogP contribution in [-0.4, -0.2) is 14.6 Å². The van der Waals surface area contributed by atoms with Gasteiger partial charge in [-0.05, 0) is 29.7 Å². The van der Waals surface area contributed by atoms with Crippen LogP contribution in [0.5, 0.6) is 0 Å². The topological polar surface area (TPSA) is 50.2 Å². The fourth-order valence-corrected chi connectivity index (χ4v) is 3.35.